The Hall–Kier alpha value is -1.59. The van der Waals surface area contributed by atoms with Crippen LogP contribution in [-0.4, -0.2) is 67.5 Å². The monoisotopic (exact) mass is 524 g/mol. The van der Waals surface area contributed by atoms with Crippen LogP contribution >= 0.6 is 0 Å². The van der Waals surface area contributed by atoms with Gasteiger partial charge in [-0.15, -0.1) is 0 Å². The number of nitrogens with one attached hydrogen (secondary N) is 2. The highest BCUT2D eigenvalue weighted by Gasteiger charge is 2.36. The van der Waals surface area contributed by atoms with E-state index in [0.717, 1.165) is 12.7 Å². The van der Waals surface area contributed by atoms with E-state index in [2.05, 4.69) is 10.6 Å². The van der Waals surface area contributed by atoms with Crippen LogP contribution in [0.2, 0.25) is 0 Å². The van der Waals surface area contributed by atoms with E-state index in [9.17, 15) is 23.1 Å². The van der Waals surface area contributed by atoms with Crippen molar-refractivity contribution in [2.45, 2.75) is 124 Å². The van der Waals surface area contributed by atoms with Crippen molar-refractivity contribution in [1.82, 2.24) is 10.6 Å². The minimum absolute atomic E-state index is 0. The van der Waals surface area contributed by atoms with Crippen molar-refractivity contribution in [2.24, 2.45) is 11.8 Å². The van der Waals surface area contributed by atoms with Crippen LogP contribution in [0.4, 0.5) is 9.59 Å². The van der Waals surface area contributed by atoms with Crippen LogP contribution in [0.5, 0.6) is 0 Å². The second kappa shape index (κ2) is 13.1. The lowest BCUT2D eigenvalue weighted by Gasteiger charge is -2.23. The van der Waals surface area contributed by atoms with Gasteiger partial charge in [0.1, 0.15) is 11.2 Å². The summed E-state index contributed by atoms with van der Waals surface area (Å²) in [4.78, 5) is 23.1. The summed E-state index contributed by atoms with van der Waals surface area (Å²) in [5.41, 5.74) is -1.01. The summed E-state index contributed by atoms with van der Waals surface area (Å²) in [6.45, 7) is 14.9. The fourth-order valence-electron chi connectivity index (χ4n) is 4.05. The second-order valence-electron chi connectivity index (χ2n) is 11.5. The summed E-state index contributed by atoms with van der Waals surface area (Å²) in [5.74, 6) is 0.465. The quantitative estimate of drug-likeness (QED) is 0.470. The molecule has 0 heterocycles. The summed E-state index contributed by atoms with van der Waals surface area (Å²) in [6, 6.07) is -0.0866. The molecule has 0 unspecified atom stereocenters. The Labute approximate surface area is 212 Å². The zero-order chi connectivity index (χ0) is 26.5. The van der Waals surface area contributed by atoms with E-state index in [0.29, 0.717) is 25.2 Å². The molecule has 2 amide bonds. The molecular formula is C24H48N2O8S. The van der Waals surface area contributed by atoms with Gasteiger partial charge in [0.25, 0.3) is 10.1 Å². The van der Waals surface area contributed by atoms with E-state index >= 15 is 0 Å². The molecule has 6 atom stereocenters. The highest BCUT2D eigenvalue weighted by Crippen LogP contribution is 2.29. The minimum atomic E-state index is -3.46. The Kier molecular flexibility index (Phi) is 12.5. The number of amides is 2. The van der Waals surface area contributed by atoms with Crippen LogP contribution in [0.3, 0.4) is 0 Å². The molecule has 0 spiro atoms. The maximum atomic E-state index is 11.7. The van der Waals surface area contributed by atoms with Crippen LogP contribution in [0, 0.1) is 11.8 Å². The third-order valence-electron chi connectivity index (χ3n) is 5.41. The van der Waals surface area contributed by atoms with Crippen LogP contribution in [0.15, 0.2) is 0 Å². The summed E-state index contributed by atoms with van der Waals surface area (Å²) in [6.07, 6.45) is 1.96. The number of hydrogen-bond donors (Lipinski definition) is 3. The standard InChI is InChI=1S/C12H23NO5S.C11H21NO3.CH4/c1-8-6-9(18-19(5,15)16)7-10(8)13-11(14)17-12(2,3)4;1-7-5-8(13)6-9(7)12-10(14)15-11(2,3)4;/h8-10H,6-7H2,1-5H3,(H,13,14);7-9,13H,5-6H2,1-4H3,(H,12,14);1H4/t8-,9-,10-;7-,8-,9-;/m11./s1. The van der Waals surface area contributed by atoms with Gasteiger partial charge in [0.05, 0.1) is 18.5 Å². The molecule has 2 rings (SSSR count). The van der Waals surface area contributed by atoms with Crippen LogP contribution in [0.1, 0.15) is 88.5 Å². The zero-order valence-corrected chi connectivity index (χ0v) is 22.8. The van der Waals surface area contributed by atoms with Crippen molar-refractivity contribution in [3.63, 3.8) is 0 Å². The van der Waals surface area contributed by atoms with Crippen molar-refractivity contribution in [3.05, 3.63) is 0 Å². The fourth-order valence-corrected chi connectivity index (χ4v) is 4.70. The predicted octanol–water partition coefficient (Wildman–Crippen LogP) is 3.96. The van der Waals surface area contributed by atoms with E-state index in [4.69, 9.17) is 13.7 Å². The molecule has 11 heteroatoms. The van der Waals surface area contributed by atoms with E-state index in [1.54, 1.807) is 20.8 Å². The van der Waals surface area contributed by atoms with E-state index in [1.807, 2.05) is 34.6 Å². The average molecular weight is 525 g/mol. The van der Waals surface area contributed by atoms with Crippen LogP contribution < -0.4 is 10.6 Å². The smallest absolute Gasteiger partial charge is 0.407 e. The number of ether oxygens (including phenoxy) is 2. The molecule has 208 valence electrons. The molecule has 0 aromatic rings. The van der Waals surface area contributed by atoms with Crippen molar-refractivity contribution in [3.8, 4) is 0 Å². The van der Waals surface area contributed by atoms with Gasteiger partial charge in [-0.2, -0.15) is 8.42 Å². The number of carbonyl (C=O) groups excluding carboxylic acids is 2. The number of carbonyl (C=O) groups is 2. The topological polar surface area (TPSA) is 140 Å². The number of alkyl carbamates (subject to hydrolysis) is 2. The van der Waals surface area contributed by atoms with E-state index in [1.165, 1.54) is 0 Å². The van der Waals surface area contributed by atoms with Gasteiger partial charge in [0.2, 0.25) is 0 Å². The lowest BCUT2D eigenvalue weighted by Crippen LogP contribution is -2.40. The molecule has 0 aliphatic heterocycles. The second-order valence-corrected chi connectivity index (χ2v) is 13.1. The van der Waals surface area contributed by atoms with Crippen molar-refractivity contribution >= 4 is 22.3 Å². The van der Waals surface area contributed by atoms with Gasteiger partial charge < -0.3 is 25.2 Å². The number of aliphatic hydroxyl groups excluding tert-OH is 1. The average Bonchev–Trinajstić information content (AvgIpc) is 3.03. The molecule has 10 nitrogen and oxygen atoms in total. The van der Waals surface area contributed by atoms with Gasteiger partial charge in [-0.25, -0.2) is 9.59 Å². The van der Waals surface area contributed by atoms with Gasteiger partial charge in [-0.3, -0.25) is 4.18 Å². The van der Waals surface area contributed by atoms with Gasteiger partial charge in [0, 0.05) is 12.1 Å². The van der Waals surface area contributed by atoms with Crippen molar-refractivity contribution in [1.29, 1.82) is 0 Å². The largest absolute Gasteiger partial charge is 0.444 e. The fraction of sp³-hybridized carbons (Fsp3) is 0.917. The first-order valence-electron chi connectivity index (χ1n) is 11.8. The van der Waals surface area contributed by atoms with E-state index in [-0.39, 0.29) is 37.6 Å². The van der Waals surface area contributed by atoms with Crippen molar-refractivity contribution in [2.75, 3.05) is 6.26 Å². The Morgan fingerprint density at radius 2 is 1.20 bits per heavy atom. The molecule has 0 aromatic heterocycles. The van der Waals surface area contributed by atoms with Crippen LogP contribution in [0.25, 0.3) is 0 Å². The first-order valence-corrected chi connectivity index (χ1v) is 13.6. The highest BCUT2D eigenvalue weighted by molar-refractivity contribution is 7.86. The molecule has 3 N–H and O–H groups in total. The molecule has 2 fully saturated rings. The summed E-state index contributed by atoms with van der Waals surface area (Å²) in [5, 5.41) is 15.0. The van der Waals surface area contributed by atoms with Gasteiger partial charge in [-0.1, -0.05) is 21.3 Å². The molecule has 0 aromatic carbocycles. The lowest BCUT2D eigenvalue weighted by molar-refractivity contribution is 0.0481. The zero-order valence-electron chi connectivity index (χ0n) is 22.0. The summed E-state index contributed by atoms with van der Waals surface area (Å²) >= 11 is 0. The van der Waals surface area contributed by atoms with Gasteiger partial charge >= 0.3 is 12.2 Å². The molecule has 2 saturated carbocycles. The molecule has 2 aliphatic carbocycles. The Balaban J connectivity index is 0.000000659. The normalized spacial score (nSPS) is 28.7. The van der Waals surface area contributed by atoms with Gasteiger partial charge in [0.15, 0.2) is 0 Å². The summed E-state index contributed by atoms with van der Waals surface area (Å²) in [7, 11) is -3.46. The van der Waals surface area contributed by atoms with Crippen LogP contribution in [-0.2, 0) is 23.8 Å². The Morgan fingerprint density at radius 1 is 0.800 bits per heavy atom. The lowest BCUT2D eigenvalue weighted by atomic mass is 10.1. The first-order chi connectivity index (χ1) is 15.2. The third kappa shape index (κ3) is 14.5. The number of hydrogen-bond acceptors (Lipinski definition) is 8. The highest BCUT2D eigenvalue weighted by atomic mass is 32.2. The van der Waals surface area contributed by atoms with Gasteiger partial charge in [-0.05, 0) is 79.1 Å². The molecule has 0 bridgehead atoms. The third-order valence-corrected chi connectivity index (χ3v) is 6.03. The molecular weight excluding hydrogens is 476 g/mol. The molecule has 0 radical (unpaired) electrons. The maximum Gasteiger partial charge on any atom is 0.407 e. The molecule has 2 aliphatic rings. The maximum absolute atomic E-state index is 11.7. The van der Waals surface area contributed by atoms with Crippen molar-refractivity contribution < 1.29 is 36.8 Å². The van der Waals surface area contributed by atoms with E-state index < -0.39 is 33.5 Å². The molecule has 35 heavy (non-hydrogen) atoms. The Bertz CT molecular complexity index is 788. The summed E-state index contributed by atoms with van der Waals surface area (Å²) < 4.78 is 37.4. The SMILES string of the molecule is C.C[C@@H]1C[C@@H](O)C[C@H]1NC(=O)OC(C)(C)C.C[C@@H]1C[C@@H](OS(C)(=O)=O)C[C@H]1NC(=O)OC(C)(C)C. The molecule has 0 saturated heterocycles. The number of aliphatic hydroxyl groups is 1. The predicted molar refractivity (Wildman–Crippen MR) is 136 cm³/mol. The minimum Gasteiger partial charge on any atom is -0.444 e. The first kappa shape index (κ1) is 33.4. The number of rotatable bonds is 4. The Morgan fingerprint density at radius 3 is 1.54 bits per heavy atom.